The van der Waals surface area contributed by atoms with Crippen LogP contribution in [0.3, 0.4) is 0 Å². The van der Waals surface area contributed by atoms with E-state index in [1.807, 2.05) is 6.92 Å². The Kier molecular flexibility index (Phi) is 6.80. The van der Waals surface area contributed by atoms with E-state index in [-0.39, 0.29) is 11.9 Å². The molecule has 1 saturated heterocycles. The number of nitrogens with one attached hydrogen (secondary N) is 3. The van der Waals surface area contributed by atoms with Gasteiger partial charge >= 0.3 is 6.03 Å². The summed E-state index contributed by atoms with van der Waals surface area (Å²) in [5.41, 5.74) is 0. The van der Waals surface area contributed by atoms with Crippen molar-refractivity contribution in [3.8, 4) is 0 Å². The third kappa shape index (κ3) is 4.80. The van der Waals surface area contributed by atoms with Crippen molar-refractivity contribution in [1.29, 1.82) is 0 Å². The lowest BCUT2D eigenvalue weighted by Crippen LogP contribution is -2.54. The highest BCUT2D eigenvalue weighted by molar-refractivity contribution is 5.96. The summed E-state index contributed by atoms with van der Waals surface area (Å²) in [4.78, 5) is 25.5. The molecule has 19 heavy (non-hydrogen) atoms. The Labute approximate surface area is 115 Å². The van der Waals surface area contributed by atoms with Gasteiger partial charge in [0.25, 0.3) is 0 Å². The van der Waals surface area contributed by atoms with Crippen molar-refractivity contribution in [2.45, 2.75) is 45.2 Å². The van der Waals surface area contributed by atoms with Crippen LogP contribution in [0.2, 0.25) is 0 Å². The molecule has 3 amide bonds. The third-order valence-electron chi connectivity index (χ3n) is 3.60. The number of carbonyl (C=O) groups excluding carboxylic acids is 2. The highest BCUT2D eigenvalue weighted by atomic mass is 16.2. The van der Waals surface area contributed by atoms with Gasteiger partial charge in [-0.3, -0.25) is 15.0 Å². The number of rotatable bonds is 5. The van der Waals surface area contributed by atoms with Gasteiger partial charge in [0.05, 0.1) is 6.04 Å². The first-order chi connectivity index (χ1) is 9.10. The van der Waals surface area contributed by atoms with E-state index in [1.54, 1.807) is 0 Å². The Bertz CT molecular complexity index is 303. The minimum atomic E-state index is -0.446. The first kappa shape index (κ1) is 15.9. The predicted molar refractivity (Wildman–Crippen MR) is 74.9 cm³/mol. The molecule has 1 unspecified atom stereocenters. The third-order valence-corrected chi connectivity index (χ3v) is 3.60. The lowest BCUT2D eigenvalue weighted by atomic mass is 10.0. The number of nitrogens with zero attached hydrogens (tertiary/aromatic N) is 1. The molecule has 1 aliphatic heterocycles. The maximum atomic E-state index is 12.0. The van der Waals surface area contributed by atoms with Gasteiger partial charge in [-0.1, -0.05) is 6.92 Å². The van der Waals surface area contributed by atoms with E-state index in [1.165, 1.54) is 7.05 Å². The molecule has 1 rings (SSSR count). The Morgan fingerprint density at radius 3 is 2.53 bits per heavy atom. The minimum absolute atomic E-state index is 0.230. The summed E-state index contributed by atoms with van der Waals surface area (Å²) in [5, 5.41) is 8.09. The molecular formula is C13H26N4O2. The maximum Gasteiger partial charge on any atom is 0.321 e. The number of urea groups is 1. The van der Waals surface area contributed by atoms with E-state index >= 15 is 0 Å². The molecule has 1 fully saturated rings. The van der Waals surface area contributed by atoms with Crippen molar-refractivity contribution in [1.82, 2.24) is 20.9 Å². The molecule has 6 nitrogen and oxygen atoms in total. The SMILES string of the molecule is CCCN(C1CCNCC1)C(C)C(=O)NC(=O)NC. The van der Waals surface area contributed by atoms with E-state index in [0.717, 1.165) is 38.9 Å². The lowest BCUT2D eigenvalue weighted by molar-refractivity contribution is -0.125. The minimum Gasteiger partial charge on any atom is -0.341 e. The zero-order valence-corrected chi connectivity index (χ0v) is 12.2. The van der Waals surface area contributed by atoms with Crippen molar-refractivity contribution in [2.24, 2.45) is 0 Å². The average Bonchev–Trinajstić information content (AvgIpc) is 2.44. The summed E-state index contributed by atoms with van der Waals surface area (Å²) in [5.74, 6) is -0.230. The van der Waals surface area contributed by atoms with E-state index in [0.29, 0.717) is 6.04 Å². The second-order valence-corrected chi connectivity index (χ2v) is 4.96. The zero-order valence-electron chi connectivity index (χ0n) is 12.2. The van der Waals surface area contributed by atoms with Crippen molar-refractivity contribution in [3.63, 3.8) is 0 Å². The van der Waals surface area contributed by atoms with Crippen molar-refractivity contribution < 1.29 is 9.59 Å². The van der Waals surface area contributed by atoms with E-state index in [2.05, 4.69) is 27.8 Å². The van der Waals surface area contributed by atoms with Crippen LogP contribution in [0.4, 0.5) is 4.79 Å². The molecular weight excluding hydrogens is 244 g/mol. The molecule has 0 aromatic rings. The fourth-order valence-electron chi connectivity index (χ4n) is 2.52. The molecule has 6 heteroatoms. The van der Waals surface area contributed by atoms with Gasteiger partial charge in [0.2, 0.25) is 5.91 Å². The Hall–Kier alpha value is -1.14. The summed E-state index contributed by atoms with van der Waals surface area (Å²) >= 11 is 0. The summed E-state index contributed by atoms with van der Waals surface area (Å²) in [7, 11) is 1.50. The zero-order chi connectivity index (χ0) is 14.3. The molecule has 0 aromatic heterocycles. The summed E-state index contributed by atoms with van der Waals surface area (Å²) in [6.45, 7) is 6.85. The first-order valence-corrected chi connectivity index (χ1v) is 7.09. The molecule has 1 heterocycles. The smallest absolute Gasteiger partial charge is 0.321 e. The Morgan fingerprint density at radius 2 is 2.00 bits per heavy atom. The van der Waals surface area contributed by atoms with Gasteiger partial charge in [-0.05, 0) is 45.8 Å². The van der Waals surface area contributed by atoms with Crippen LogP contribution in [0.5, 0.6) is 0 Å². The fraction of sp³-hybridized carbons (Fsp3) is 0.846. The van der Waals surface area contributed by atoms with Crippen LogP contribution in [-0.4, -0.2) is 55.6 Å². The highest BCUT2D eigenvalue weighted by Crippen LogP contribution is 2.15. The Balaban J connectivity index is 2.62. The number of hydrogen-bond acceptors (Lipinski definition) is 4. The largest absolute Gasteiger partial charge is 0.341 e. The van der Waals surface area contributed by atoms with Gasteiger partial charge < -0.3 is 10.6 Å². The number of carbonyl (C=O) groups is 2. The van der Waals surface area contributed by atoms with Crippen LogP contribution >= 0.6 is 0 Å². The monoisotopic (exact) mass is 270 g/mol. The van der Waals surface area contributed by atoms with E-state index < -0.39 is 6.03 Å². The van der Waals surface area contributed by atoms with Gasteiger partial charge in [-0.25, -0.2) is 4.79 Å². The molecule has 3 N–H and O–H groups in total. The number of piperidine rings is 1. The summed E-state index contributed by atoms with van der Waals surface area (Å²) in [6.07, 6.45) is 3.11. The van der Waals surface area contributed by atoms with Crippen molar-refractivity contribution >= 4 is 11.9 Å². The molecule has 0 spiro atoms. The summed E-state index contributed by atoms with van der Waals surface area (Å²) < 4.78 is 0. The number of amides is 3. The fourth-order valence-corrected chi connectivity index (χ4v) is 2.52. The van der Waals surface area contributed by atoms with Crippen LogP contribution in [-0.2, 0) is 4.79 Å². The molecule has 0 aliphatic carbocycles. The number of imide groups is 1. The highest BCUT2D eigenvalue weighted by Gasteiger charge is 2.29. The van der Waals surface area contributed by atoms with Gasteiger partial charge in [0, 0.05) is 13.1 Å². The van der Waals surface area contributed by atoms with Crippen LogP contribution in [0.25, 0.3) is 0 Å². The second kappa shape index (κ2) is 8.12. The summed E-state index contributed by atoms with van der Waals surface area (Å²) in [6, 6.07) is -0.300. The molecule has 0 bridgehead atoms. The molecule has 0 radical (unpaired) electrons. The van der Waals surface area contributed by atoms with E-state index in [4.69, 9.17) is 0 Å². The molecule has 0 aromatic carbocycles. The van der Waals surface area contributed by atoms with Crippen LogP contribution in [0.15, 0.2) is 0 Å². The van der Waals surface area contributed by atoms with Crippen molar-refractivity contribution in [2.75, 3.05) is 26.7 Å². The normalized spacial score (nSPS) is 18.1. The molecule has 0 saturated carbocycles. The van der Waals surface area contributed by atoms with Crippen molar-refractivity contribution in [3.05, 3.63) is 0 Å². The van der Waals surface area contributed by atoms with Gasteiger partial charge in [-0.2, -0.15) is 0 Å². The lowest BCUT2D eigenvalue weighted by Gasteiger charge is -2.37. The van der Waals surface area contributed by atoms with Gasteiger partial charge in [0.1, 0.15) is 0 Å². The van der Waals surface area contributed by atoms with Crippen LogP contribution in [0.1, 0.15) is 33.1 Å². The molecule has 1 aliphatic rings. The molecule has 1 atom stereocenters. The van der Waals surface area contributed by atoms with Crippen LogP contribution < -0.4 is 16.0 Å². The number of hydrogen-bond donors (Lipinski definition) is 3. The van der Waals surface area contributed by atoms with Gasteiger partial charge in [0.15, 0.2) is 0 Å². The second-order valence-electron chi connectivity index (χ2n) is 4.96. The van der Waals surface area contributed by atoms with E-state index in [9.17, 15) is 9.59 Å². The molecule has 110 valence electrons. The first-order valence-electron chi connectivity index (χ1n) is 7.09. The predicted octanol–water partition coefficient (Wildman–Crippen LogP) is 0.295. The standard InChI is InChI=1S/C13H26N4O2/c1-4-9-17(11-5-7-15-8-6-11)10(2)12(18)16-13(19)14-3/h10-11,15H,4-9H2,1-3H3,(H2,14,16,18,19). The Morgan fingerprint density at radius 1 is 1.37 bits per heavy atom. The van der Waals surface area contributed by atoms with Gasteiger partial charge in [-0.15, -0.1) is 0 Å². The quantitative estimate of drug-likeness (QED) is 0.671. The van der Waals surface area contributed by atoms with Crippen LogP contribution in [0, 0.1) is 0 Å². The maximum absolute atomic E-state index is 12.0. The average molecular weight is 270 g/mol. The topological polar surface area (TPSA) is 73.5 Å².